The van der Waals surface area contributed by atoms with Gasteiger partial charge in [-0.3, -0.25) is 9.98 Å². The van der Waals surface area contributed by atoms with Crippen molar-refractivity contribution in [1.82, 2.24) is 4.98 Å². The third-order valence-electron chi connectivity index (χ3n) is 2.23. The molecule has 18 heavy (non-hydrogen) atoms. The molecular formula is C12H12ClN3OPt. The summed E-state index contributed by atoms with van der Waals surface area (Å²) < 4.78 is 0. The Kier molecular flexibility index (Phi) is 6.26. The van der Waals surface area contributed by atoms with Crippen molar-refractivity contribution in [3.63, 3.8) is 0 Å². The molecule has 0 unspecified atom stereocenters. The SMILES string of the molecule is C[C@H](N)C([O-])=Nc1cccc2cccnc12.[Cl][Pt+]. The number of nitrogens with zero attached hydrogens (tertiary/aromatic N) is 2. The molecule has 2 N–H and O–H groups in total. The quantitative estimate of drug-likeness (QED) is 0.565. The molecule has 1 heterocycles. The van der Waals surface area contributed by atoms with Gasteiger partial charge >= 0.3 is 28.2 Å². The molecule has 6 heteroatoms. The van der Waals surface area contributed by atoms with Crippen LogP contribution in [0.1, 0.15) is 6.92 Å². The van der Waals surface area contributed by atoms with Crippen molar-refractivity contribution >= 4 is 31.9 Å². The fourth-order valence-electron chi connectivity index (χ4n) is 1.40. The van der Waals surface area contributed by atoms with E-state index in [1.807, 2.05) is 24.3 Å². The van der Waals surface area contributed by atoms with Crippen LogP contribution < -0.4 is 10.8 Å². The van der Waals surface area contributed by atoms with Crippen molar-refractivity contribution in [1.29, 1.82) is 0 Å². The number of pyridine rings is 1. The van der Waals surface area contributed by atoms with E-state index >= 15 is 0 Å². The van der Waals surface area contributed by atoms with Crippen molar-refractivity contribution < 1.29 is 23.9 Å². The zero-order chi connectivity index (χ0) is 13.5. The van der Waals surface area contributed by atoms with Gasteiger partial charge in [0.25, 0.3) is 0 Å². The molecule has 0 aliphatic rings. The number of nitrogens with two attached hydrogens (primary N) is 1. The summed E-state index contributed by atoms with van der Waals surface area (Å²) in [6, 6.07) is 8.72. The second kappa shape index (κ2) is 7.47. The van der Waals surface area contributed by atoms with Gasteiger partial charge in [-0.15, -0.1) is 0 Å². The third kappa shape index (κ3) is 3.77. The molecule has 0 saturated heterocycles. The number of halogens is 1. The van der Waals surface area contributed by atoms with E-state index in [1.165, 1.54) is 0 Å². The summed E-state index contributed by atoms with van der Waals surface area (Å²) >= 11 is 1.61. The fraction of sp³-hybridized carbons (Fsp3) is 0.167. The van der Waals surface area contributed by atoms with E-state index in [1.54, 1.807) is 38.0 Å². The van der Waals surface area contributed by atoms with E-state index in [-0.39, 0.29) is 5.90 Å². The first-order chi connectivity index (χ1) is 8.68. The Labute approximate surface area is 121 Å². The third-order valence-corrected chi connectivity index (χ3v) is 2.23. The number of hydrogen-bond acceptors (Lipinski definition) is 4. The average molecular weight is 445 g/mol. The van der Waals surface area contributed by atoms with Crippen LogP contribution in [-0.4, -0.2) is 16.9 Å². The number of para-hydroxylation sites is 1. The molecule has 98 valence electrons. The van der Waals surface area contributed by atoms with E-state index in [9.17, 15) is 5.11 Å². The summed E-state index contributed by atoms with van der Waals surface area (Å²) in [6.45, 7) is 1.62. The van der Waals surface area contributed by atoms with Crippen molar-refractivity contribution in [2.75, 3.05) is 0 Å². The van der Waals surface area contributed by atoms with Crippen molar-refractivity contribution in [3.8, 4) is 0 Å². The van der Waals surface area contributed by atoms with Gasteiger partial charge < -0.3 is 10.8 Å². The molecule has 1 aromatic heterocycles. The Morgan fingerprint density at radius 3 is 2.72 bits per heavy atom. The minimum absolute atomic E-state index is 0.335. The van der Waals surface area contributed by atoms with Gasteiger partial charge in [-0.1, -0.05) is 18.2 Å². The number of benzene rings is 1. The molecule has 0 bridgehead atoms. The maximum absolute atomic E-state index is 11.4. The van der Waals surface area contributed by atoms with Gasteiger partial charge in [0, 0.05) is 17.6 Å². The Morgan fingerprint density at radius 2 is 2.06 bits per heavy atom. The van der Waals surface area contributed by atoms with E-state index in [0.717, 1.165) is 10.9 Å². The average Bonchev–Trinajstić information content (AvgIpc) is 2.41. The topological polar surface area (TPSA) is 74.3 Å². The Morgan fingerprint density at radius 1 is 1.39 bits per heavy atom. The summed E-state index contributed by atoms with van der Waals surface area (Å²) in [7, 11) is 4.61. The summed E-state index contributed by atoms with van der Waals surface area (Å²) in [5.41, 5.74) is 6.76. The first kappa shape index (κ1) is 15.1. The van der Waals surface area contributed by atoms with Crippen molar-refractivity contribution in [2.24, 2.45) is 10.7 Å². The first-order valence-electron chi connectivity index (χ1n) is 5.15. The molecule has 0 amide bonds. The number of rotatable bonds is 2. The van der Waals surface area contributed by atoms with E-state index in [0.29, 0.717) is 5.69 Å². The van der Waals surface area contributed by atoms with Crippen LogP contribution in [-0.2, 0) is 18.8 Å². The standard InChI is InChI=1S/C12H13N3O.ClH.Pt/c1-8(13)12(16)15-10-6-2-4-9-5-3-7-14-11(9)10;;/h2-8H,13H2,1H3,(H,15,16);1H;/q;;+2/p-2/t8-;;/m0../s1. The minimum atomic E-state index is -0.584. The van der Waals surface area contributed by atoms with Gasteiger partial charge in [-0.25, -0.2) is 0 Å². The van der Waals surface area contributed by atoms with Gasteiger partial charge in [0.05, 0.1) is 11.2 Å². The van der Waals surface area contributed by atoms with Crippen LogP contribution in [0, 0.1) is 0 Å². The van der Waals surface area contributed by atoms with Crippen LogP contribution in [0.5, 0.6) is 0 Å². The number of aromatic nitrogens is 1. The van der Waals surface area contributed by atoms with Crippen LogP contribution in [0.2, 0.25) is 0 Å². The zero-order valence-corrected chi connectivity index (χ0v) is 12.6. The molecule has 0 spiro atoms. The van der Waals surface area contributed by atoms with Gasteiger partial charge in [-0.05, 0) is 25.0 Å². The van der Waals surface area contributed by atoms with Crippen LogP contribution in [0.25, 0.3) is 10.9 Å². The molecule has 1 atom stereocenters. The second-order valence-corrected chi connectivity index (χ2v) is 3.59. The molecular weight excluding hydrogens is 433 g/mol. The van der Waals surface area contributed by atoms with Crippen molar-refractivity contribution in [2.45, 2.75) is 13.0 Å². The van der Waals surface area contributed by atoms with Crippen LogP contribution in [0.3, 0.4) is 0 Å². The van der Waals surface area contributed by atoms with Gasteiger partial charge in [0.15, 0.2) is 0 Å². The molecule has 2 aromatic rings. The van der Waals surface area contributed by atoms with Crippen LogP contribution >= 0.6 is 9.42 Å². The summed E-state index contributed by atoms with van der Waals surface area (Å²) in [6.07, 6.45) is 1.68. The van der Waals surface area contributed by atoms with Crippen molar-refractivity contribution in [3.05, 3.63) is 36.5 Å². The predicted octanol–water partition coefficient (Wildman–Crippen LogP) is 1.66. The first-order valence-corrected chi connectivity index (χ1v) is 7.97. The molecule has 0 aliphatic carbocycles. The summed E-state index contributed by atoms with van der Waals surface area (Å²) in [5.74, 6) is -0.335. The maximum atomic E-state index is 11.4. The number of hydrogen-bond donors (Lipinski definition) is 1. The van der Waals surface area contributed by atoms with E-state index in [2.05, 4.69) is 19.4 Å². The molecule has 0 radical (unpaired) electrons. The molecule has 0 saturated carbocycles. The number of fused-ring (bicyclic) bond motifs is 1. The Hall–Kier alpha value is -0.962. The van der Waals surface area contributed by atoms with Gasteiger partial charge in [0.2, 0.25) is 0 Å². The summed E-state index contributed by atoms with van der Waals surface area (Å²) in [5, 5.41) is 12.4. The Bertz CT molecular complexity index is 540. The molecule has 1 aromatic carbocycles. The molecule has 0 fully saturated rings. The Balaban J connectivity index is 0.000000771. The van der Waals surface area contributed by atoms with Gasteiger partial charge in [0.1, 0.15) is 0 Å². The number of aliphatic imine (C=N–C) groups is 1. The predicted molar refractivity (Wildman–Crippen MR) is 68.3 cm³/mol. The van der Waals surface area contributed by atoms with Crippen LogP contribution in [0.4, 0.5) is 5.69 Å². The molecule has 2 rings (SSSR count). The zero-order valence-electron chi connectivity index (χ0n) is 9.62. The van der Waals surface area contributed by atoms with E-state index in [4.69, 9.17) is 5.73 Å². The van der Waals surface area contributed by atoms with Gasteiger partial charge in [-0.2, -0.15) is 0 Å². The fourth-order valence-corrected chi connectivity index (χ4v) is 1.40. The summed E-state index contributed by atoms with van der Waals surface area (Å²) in [4.78, 5) is 8.17. The van der Waals surface area contributed by atoms with E-state index < -0.39 is 6.04 Å². The molecule has 4 nitrogen and oxygen atoms in total. The molecule has 0 aliphatic heterocycles. The second-order valence-electron chi connectivity index (χ2n) is 3.59. The van der Waals surface area contributed by atoms with Crippen LogP contribution in [0.15, 0.2) is 41.5 Å². The normalized spacial score (nSPS) is 12.8. The monoisotopic (exact) mass is 444 g/mol.